The van der Waals surface area contributed by atoms with Crippen LogP contribution in [0.25, 0.3) is 11.3 Å². The van der Waals surface area contributed by atoms with Crippen molar-refractivity contribution in [3.8, 4) is 11.3 Å². The van der Waals surface area contributed by atoms with Gasteiger partial charge in [-0.05, 0) is 42.3 Å². The van der Waals surface area contributed by atoms with Gasteiger partial charge in [0.1, 0.15) is 0 Å². The predicted molar refractivity (Wildman–Crippen MR) is 106 cm³/mol. The molecule has 2 N–H and O–H groups in total. The number of likely N-dealkylation sites (N-methyl/N-ethyl adjacent to an activating group) is 1. The molecule has 5 nitrogen and oxygen atoms in total. The number of amides is 1. The van der Waals surface area contributed by atoms with E-state index in [1.54, 1.807) is 6.20 Å². The van der Waals surface area contributed by atoms with Gasteiger partial charge in [0.25, 0.3) is 0 Å². The number of carbonyl (C=O) groups excluding carboxylic acids is 1. The van der Waals surface area contributed by atoms with Crippen molar-refractivity contribution in [3.05, 3.63) is 76.4 Å². The lowest BCUT2D eigenvalue weighted by Crippen LogP contribution is -2.48. The van der Waals surface area contributed by atoms with E-state index in [0.29, 0.717) is 11.6 Å². The normalized spacial score (nSPS) is 16.7. The molecule has 1 aliphatic heterocycles. The second kappa shape index (κ2) is 7.55. The van der Waals surface area contributed by atoms with E-state index < -0.39 is 0 Å². The Bertz CT molecular complexity index is 951. The molecule has 0 saturated heterocycles. The standard InChI is InChI=1S/C21H21ClN4O/c1-26-13-16-5-3-2-4-15(16)10-19(26)21(27)23-11-17-12-24-25-20(17)14-6-8-18(22)9-7-14/h2-9,12,19H,10-11,13H2,1H3,(H,23,27)(H,24,25). The van der Waals surface area contributed by atoms with Gasteiger partial charge in [0.05, 0.1) is 17.9 Å². The molecular weight excluding hydrogens is 360 g/mol. The van der Waals surface area contributed by atoms with Crippen LogP contribution < -0.4 is 5.32 Å². The number of hydrogen-bond acceptors (Lipinski definition) is 3. The van der Waals surface area contributed by atoms with Crippen LogP contribution in [-0.4, -0.2) is 34.1 Å². The molecule has 2 aromatic carbocycles. The Balaban J connectivity index is 1.45. The first-order chi connectivity index (χ1) is 13.1. The molecule has 1 amide bonds. The first-order valence-corrected chi connectivity index (χ1v) is 9.32. The highest BCUT2D eigenvalue weighted by Crippen LogP contribution is 2.24. The molecule has 138 valence electrons. The van der Waals surface area contributed by atoms with Crippen molar-refractivity contribution in [1.29, 1.82) is 0 Å². The van der Waals surface area contributed by atoms with Gasteiger partial charge in [-0.1, -0.05) is 48.0 Å². The molecule has 2 heterocycles. The van der Waals surface area contributed by atoms with E-state index in [1.807, 2.05) is 43.4 Å². The van der Waals surface area contributed by atoms with Gasteiger partial charge in [-0.25, -0.2) is 0 Å². The van der Waals surface area contributed by atoms with E-state index >= 15 is 0 Å². The summed E-state index contributed by atoms with van der Waals surface area (Å²) in [4.78, 5) is 14.9. The predicted octanol–water partition coefficient (Wildman–Crippen LogP) is 3.40. The fourth-order valence-corrected chi connectivity index (χ4v) is 3.68. The summed E-state index contributed by atoms with van der Waals surface area (Å²) >= 11 is 5.96. The number of fused-ring (bicyclic) bond motifs is 1. The molecular formula is C21H21ClN4O. The van der Waals surface area contributed by atoms with E-state index in [9.17, 15) is 4.79 Å². The van der Waals surface area contributed by atoms with Gasteiger partial charge in [-0.15, -0.1) is 0 Å². The molecule has 1 aromatic heterocycles. The van der Waals surface area contributed by atoms with Crippen molar-refractivity contribution in [3.63, 3.8) is 0 Å². The zero-order valence-corrected chi connectivity index (χ0v) is 15.8. The molecule has 1 unspecified atom stereocenters. The van der Waals surface area contributed by atoms with Gasteiger partial charge < -0.3 is 5.32 Å². The Hall–Kier alpha value is -2.63. The third kappa shape index (κ3) is 3.75. The number of nitrogens with zero attached hydrogens (tertiary/aromatic N) is 2. The number of aromatic nitrogens is 2. The summed E-state index contributed by atoms with van der Waals surface area (Å²) in [6, 6.07) is 15.7. The molecule has 0 radical (unpaired) electrons. The molecule has 0 aliphatic carbocycles. The Labute approximate surface area is 163 Å². The van der Waals surface area contributed by atoms with Crippen LogP contribution in [0.15, 0.2) is 54.7 Å². The summed E-state index contributed by atoms with van der Waals surface area (Å²) in [7, 11) is 2.00. The van der Waals surface area contributed by atoms with Gasteiger partial charge in [-0.3, -0.25) is 14.8 Å². The fraction of sp³-hybridized carbons (Fsp3) is 0.238. The summed E-state index contributed by atoms with van der Waals surface area (Å²) in [6.07, 6.45) is 2.48. The molecule has 27 heavy (non-hydrogen) atoms. The second-order valence-corrected chi connectivity index (χ2v) is 7.34. The minimum atomic E-state index is -0.161. The van der Waals surface area contributed by atoms with E-state index in [4.69, 9.17) is 11.6 Å². The Morgan fingerprint density at radius 3 is 2.74 bits per heavy atom. The second-order valence-electron chi connectivity index (χ2n) is 6.90. The number of rotatable bonds is 4. The number of hydrogen-bond donors (Lipinski definition) is 2. The van der Waals surface area contributed by atoms with Crippen molar-refractivity contribution < 1.29 is 4.79 Å². The molecule has 0 fully saturated rings. The number of aromatic amines is 1. The van der Waals surface area contributed by atoms with E-state index in [-0.39, 0.29) is 11.9 Å². The first kappa shape index (κ1) is 17.8. The molecule has 1 atom stereocenters. The van der Waals surface area contributed by atoms with Crippen molar-refractivity contribution in [2.24, 2.45) is 0 Å². The van der Waals surface area contributed by atoms with Crippen LogP contribution in [0.4, 0.5) is 0 Å². The Kier molecular flexibility index (Phi) is 4.97. The quantitative estimate of drug-likeness (QED) is 0.729. The number of benzene rings is 2. The van der Waals surface area contributed by atoms with Crippen molar-refractivity contribution in [1.82, 2.24) is 20.4 Å². The van der Waals surface area contributed by atoms with Gasteiger partial charge in [0, 0.05) is 23.7 Å². The maximum Gasteiger partial charge on any atom is 0.237 e. The zero-order chi connectivity index (χ0) is 18.8. The van der Waals surface area contributed by atoms with Crippen LogP contribution in [0.1, 0.15) is 16.7 Å². The van der Waals surface area contributed by atoms with Crippen LogP contribution in [0, 0.1) is 0 Å². The van der Waals surface area contributed by atoms with E-state index in [0.717, 1.165) is 29.8 Å². The largest absolute Gasteiger partial charge is 0.351 e. The summed E-state index contributed by atoms with van der Waals surface area (Å²) in [5, 5.41) is 10.9. The van der Waals surface area contributed by atoms with Crippen molar-refractivity contribution >= 4 is 17.5 Å². The van der Waals surface area contributed by atoms with Crippen LogP contribution >= 0.6 is 11.6 Å². The molecule has 4 rings (SSSR count). The lowest BCUT2D eigenvalue weighted by molar-refractivity contribution is -0.126. The summed E-state index contributed by atoms with van der Waals surface area (Å²) in [5.41, 5.74) is 5.38. The molecule has 0 saturated carbocycles. The molecule has 3 aromatic rings. The van der Waals surface area contributed by atoms with Gasteiger partial charge in [0.2, 0.25) is 5.91 Å². The third-order valence-electron chi connectivity index (χ3n) is 5.09. The number of carbonyl (C=O) groups is 1. The maximum atomic E-state index is 12.8. The highest BCUT2D eigenvalue weighted by molar-refractivity contribution is 6.30. The fourth-order valence-electron chi connectivity index (χ4n) is 3.56. The Morgan fingerprint density at radius 2 is 1.96 bits per heavy atom. The van der Waals surface area contributed by atoms with Crippen LogP contribution in [0.2, 0.25) is 5.02 Å². The van der Waals surface area contributed by atoms with Crippen LogP contribution in [0.3, 0.4) is 0 Å². The Morgan fingerprint density at radius 1 is 1.22 bits per heavy atom. The van der Waals surface area contributed by atoms with Crippen LogP contribution in [-0.2, 0) is 24.3 Å². The van der Waals surface area contributed by atoms with Crippen LogP contribution in [0.5, 0.6) is 0 Å². The van der Waals surface area contributed by atoms with E-state index in [1.165, 1.54) is 11.1 Å². The van der Waals surface area contributed by atoms with Gasteiger partial charge in [-0.2, -0.15) is 5.10 Å². The summed E-state index contributed by atoms with van der Waals surface area (Å²) in [5.74, 6) is 0.0373. The van der Waals surface area contributed by atoms with E-state index in [2.05, 4.69) is 32.5 Å². The first-order valence-electron chi connectivity index (χ1n) is 8.95. The molecule has 6 heteroatoms. The highest BCUT2D eigenvalue weighted by Gasteiger charge is 2.28. The average molecular weight is 381 g/mol. The monoisotopic (exact) mass is 380 g/mol. The van der Waals surface area contributed by atoms with Crippen molar-refractivity contribution in [2.75, 3.05) is 7.05 Å². The molecule has 0 spiro atoms. The number of nitrogens with one attached hydrogen (secondary N) is 2. The topological polar surface area (TPSA) is 61.0 Å². The third-order valence-corrected chi connectivity index (χ3v) is 5.34. The smallest absolute Gasteiger partial charge is 0.237 e. The lowest BCUT2D eigenvalue weighted by Gasteiger charge is -2.33. The molecule has 0 bridgehead atoms. The average Bonchev–Trinajstić information content (AvgIpc) is 3.14. The van der Waals surface area contributed by atoms with Gasteiger partial charge in [0.15, 0.2) is 0 Å². The molecule has 1 aliphatic rings. The number of halogens is 1. The lowest BCUT2D eigenvalue weighted by atomic mass is 9.94. The van der Waals surface area contributed by atoms with Gasteiger partial charge >= 0.3 is 0 Å². The highest BCUT2D eigenvalue weighted by atomic mass is 35.5. The summed E-state index contributed by atoms with van der Waals surface area (Å²) < 4.78 is 0. The SMILES string of the molecule is CN1Cc2ccccc2CC1C(=O)NCc1cn[nH]c1-c1ccc(Cl)cc1. The number of H-pyrrole nitrogens is 1. The summed E-state index contributed by atoms with van der Waals surface area (Å²) in [6.45, 7) is 1.22. The van der Waals surface area contributed by atoms with Crippen molar-refractivity contribution in [2.45, 2.75) is 25.6 Å². The minimum absolute atomic E-state index is 0.0373. The maximum absolute atomic E-state index is 12.8. The zero-order valence-electron chi connectivity index (χ0n) is 15.1. The minimum Gasteiger partial charge on any atom is -0.351 e.